The molecule has 0 spiro atoms. The first-order valence-corrected chi connectivity index (χ1v) is 9.52. The molecule has 1 aliphatic heterocycles. The second-order valence-electron chi connectivity index (χ2n) is 7.16. The van der Waals surface area contributed by atoms with Gasteiger partial charge in [-0.1, -0.05) is 12.1 Å². The molecule has 1 unspecified atom stereocenters. The van der Waals surface area contributed by atoms with E-state index in [0.717, 1.165) is 36.3 Å². The second-order valence-corrected chi connectivity index (χ2v) is 7.16. The third kappa shape index (κ3) is 3.86. The summed E-state index contributed by atoms with van der Waals surface area (Å²) in [5, 5.41) is 11.3. The van der Waals surface area contributed by atoms with Gasteiger partial charge in [0.2, 0.25) is 0 Å². The molecular weight excluding hydrogens is 373 g/mol. The average molecular weight is 395 g/mol. The molecule has 0 fully saturated rings. The molecule has 2 heterocycles. The lowest BCUT2D eigenvalue weighted by atomic mass is 10.0. The minimum Gasteiger partial charge on any atom is -0.496 e. The number of hydrogen-bond donors (Lipinski definition) is 0. The van der Waals surface area contributed by atoms with E-state index in [0.29, 0.717) is 12.3 Å². The average Bonchev–Trinajstić information content (AvgIpc) is 3.09. The summed E-state index contributed by atoms with van der Waals surface area (Å²) in [7, 11) is 1.56. The summed E-state index contributed by atoms with van der Waals surface area (Å²) < 4.78 is 21.7. The molecule has 0 amide bonds. The van der Waals surface area contributed by atoms with Crippen LogP contribution in [-0.2, 0) is 13.1 Å². The number of rotatable bonds is 5. The van der Waals surface area contributed by atoms with Crippen molar-refractivity contribution in [3.8, 4) is 5.75 Å². The first kappa shape index (κ1) is 19.1. The molecule has 1 aliphatic rings. The Balaban J connectivity index is 1.77. The molecule has 0 radical (unpaired) electrons. The van der Waals surface area contributed by atoms with Crippen molar-refractivity contribution in [1.29, 1.82) is 0 Å². The van der Waals surface area contributed by atoms with Crippen LogP contribution in [0.25, 0.3) is 0 Å². The highest BCUT2D eigenvalue weighted by molar-refractivity contribution is 5.44. The van der Waals surface area contributed by atoms with Gasteiger partial charge in [0.1, 0.15) is 11.6 Å². The largest absolute Gasteiger partial charge is 0.496 e. The fourth-order valence-corrected chi connectivity index (χ4v) is 4.09. The van der Waals surface area contributed by atoms with Crippen LogP contribution < -0.4 is 4.74 Å². The molecule has 2 aromatic carbocycles. The summed E-state index contributed by atoms with van der Waals surface area (Å²) >= 11 is 0. The summed E-state index contributed by atoms with van der Waals surface area (Å²) in [4.78, 5) is 13.1. The molecule has 0 aliphatic carbocycles. The minimum absolute atomic E-state index is 0.0290. The number of nitrogens with zero attached hydrogens (tertiary/aromatic N) is 3. The summed E-state index contributed by atoms with van der Waals surface area (Å²) in [5.41, 5.74) is 2.71. The number of nitro groups is 1. The van der Waals surface area contributed by atoms with Crippen LogP contribution in [0.2, 0.25) is 0 Å². The number of methoxy groups -OCH3 is 1. The third-order valence-electron chi connectivity index (χ3n) is 5.37. The standard InChI is InChI=1S/C22H22FN3O3/c1-29-21-9-8-19(26(27)28)14-17(21)15-25-12-4-11-24-10-3-7-20(24)22(25)16-5-2-6-18(23)13-16/h2-3,5-10,13-14,22H,4,11-12,15H2,1H3. The van der Waals surface area contributed by atoms with E-state index in [2.05, 4.69) is 15.5 Å². The van der Waals surface area contributed by atoms with Gasteiger partial charge in [-0.25, -0.2) is 4.39 Å². The van der Waals surface area contributed by atoms with E-state index in [9.17, 15) is 14.5 Å². The van der Waals surface area contributed by atoms with E-state index in [1.54, 1.807) is 31.4 Å². The maximum absolute atomic E-state index is 14.0. The van der Waals surface area contributed by atoms with Gasteiger partial charge < -0.3 is 9.30 Å². The molecule has 0 bridgehead atoms. The highest BCUT2D eigenvalue weighted by atomic mass is 19.1. The fourth-order valence-electron chi connectivity index (χ4n) is 4.09. The number of halogens is 1. The molecular formula is C22H22FN3O3. The van der Waals surface area contributed by atoms with Gasteiger partial charge in [-0.05, 0) is 42.3 Å². The van der Waals surface area contributed by atoms with Gasteiger partial charge in [0.15, 0.2) is 0 Å². The van der Waals surface area contributed by atoms with Crippen molar-refractivity contribution in [2.75, 3.05) is 13.7 Å². The monoisotopic (exact) mass is 395 g/mol. The fraction of sp³-hybridized carbons (Fsp3) is 0.273. The van der Waals surface area contributed by atoms with E-state index in [-0.39, 0.29) is 17.5 Å². The Morgan fingerprint density at radius 2 is 2.03 bits per heavy atom. The lowest BCUT2D eigenvalue weighted by Gasteiger charge is -2.31. The first-order chi connectivity index (χ1) is 14.1. The predicted octanol–water partition coefficient (Wildman–Crippen LogP) is 4.54. The van der Waals surface area contributed by atoms with Crippen LogP contribution in [0.3, 0.4) is 0 Å². The molecule has 1 atom stereocenters. The number of ether oxygens (including phenoxy) is 1. The van der Waals surface area contributed by atoms with Gasteiger partial charge in [-0.3, -0.25) is 15.0 Å². The van der Waals surface area contributed by atoms with Crippen LogP contribution in [0, 0.1) is 15.9 Å². The lowest BCUT2D eigenvalue weighted by molar-refractivity contribution is -0.385. The van der Waals surface area contributed by atoms with E-state index in [1.807, 2.05) is 18.3 Å². The SMILES string of the molecule is COc1ccc([N+](=O)[O-])cc1CN1CCCn2cccc2C1c1cccc(F)c1. The van der Waals surface area contributed by atoms with Crippen LogP contribution in [0.4, 0.5) is 10.1 Å². The van der Waals surface area contributed by atoms with Crippen molar-refractivity contribution in [2.45, 2.75) is 25.6 Å². The molecule has 6 nitrogen and oxygen atoms in total. The molecule has 29 heavy (non-hydrogen) atoms. The van der Waals surface area contributed by atoms with Crippen LogP contribution in [0.5, 0.6) is 5.75 Å². The second kappa shape index (κ2) is 8.05. The number of non-ortho nitro benzene ring substituents is 1. The molecule has 7 heteroatoms. The van der Waals surface area contributed by atoms with Gasteiger partial charge in [0.05, 0.1) is 18.1 Å². The van der Waals surface area contributed by atoms with Crippen LogP contribution >= 0.6 is 0 Å². The van der Waals surface area contributed by atoms with E-state index >= 15 is 0 Å². The normalized spacial score (nSPS) is 16.8. The summed E-state index contributed by atoms with van der Waals surface area (Å²) in [6.45, 7) is 2.10. The maximum Gasteiger partial charge on any atom is 0.270 e. The van der Waals surface area contributed by atoms with Gasteiger partial charge in [0.25, 0.3) is 5.69 Å². The third-order valence-corrected chi connectivity index (χ3v) is 5.37. The van der Waals surface area contributed by atoms with Crippen LogP contribution in [0.1, 0.15) is 29.3 Å². The van der Waals surface area contributed by atoms with E-state index in [4.69, 9.17) is 4.74 Å². The Morgan fingerprint density at radius 1 is 1.17 bits per heavy atom. The Kier molecular flexibility index (Phi) is 5.31. The summed E-state index contributed by atoms with van der Waals surface area (Å²) in [5.74, 6) is 0.325. The molecule has 1 aromatic heterocycles. The number of aryl methyl sites for hydroxylation is 1. The van der Waals surface area contributed by atoms with Crippen molar-refractivity contribution in [3.63, 3.8) is 0 Å². The number of aromatic nitrogens is 1. The number of hydrogen-bond acceptors (Lipinski definition) is 4. The maximum atomic E-state index is 14.0. The molecule has 0 N–H and O–H groups in total. The smallest absolute Gasteiger partial charge is 0.270 e. The Bertz CT molecular complexity index is 1030. The topological polar surface area (TPSA) is 60.5 Å². The van der Waals surface area contributed by atoms with Crippen LogP contribution in [-0.4, -0.2) is 28.0 Å². The van der Waals surface area contributed by atoms with Gasteiger partial charge in [-0.2, -0.15) is 0 Å². The highest BCUT2D eigenvalue weighted by Crippen LogP contribution is 2.35. The molecule has 0 saturated heterocycles. The predicted molar refractivity (Wildman–Crippen MR) is 107 cm³/mol. The zero-order valence-electron chi connectivity index (χ0n) is 16.1. The zero-order chi connectivity index (χ0) is 20.4. The van der Waals surface area contributed by atoms with Crippen molar-refractivity contribution in [1.82, 2.24) is 9.47 Å². The molecule has 0 saturated carbocycles. The number of nitro benzene ring substituents is 1. The summed E-state index contributed by atoms with van der Waals surface area (Å²) in [6.07, 6.45) is 2.96. The number of benzene rings is 2. The molecule has 3 aromatic rings. The van der Waals surface area contributed by atoms with Gasteiger partial charge >= 0.3 is 0 Å². The van der Waals surface area contributed by atoms with Gasteiger partial charge in [0, 0.05) is 49.2 Å². The van der Waals surface area contributed by atoms with E-state index in [1.165, 1.54) is 12.1 Å². The van der Waals surface area contributed by atoms with Crippen molar-refractivity contribution >= 4 is 5.69 Å². The molecule has 4 rings (SSSR count). The Labute approximate surface area is 168 Å². The van der Waals surface area contributed by atoms with Crippen molar-refractivity contribution in [3.05, 3.63) is 93.5 Å². The Hall–Kier alpha value is -3.19. The van der Waals surface area contributed by atoms with Crippen molar-refractivity contribution < 1.29 is 14.1 Å². The highest BCUT2D eigenvalue weighted by Gasteiger charge is 2.28. The minimum atomic E-state index is -0.402. The van der Waals surface area contributed by atoms with Crippen LogP contribution in [0.15, 0.2) is 60.8 Å². The quantitative estimate of drug-likeness (QED) is 0.470. The summed E-state index contributed by atoms with van der Waals surface area (Å²) in [6, 6.07) is 15.2. The number of fused-ring (bicyclic) bond motifs is 1. The molecule has 150 valence electrons. The van der Waals surface area contributed by atoms with E-state index < -0.39 is 4.92 Å². The van der Waals surface area contributed by atoms with Crippen molar-refractivity contribution in [2.24, 2.45) is 0 Å². The zero-order valence-corrected chi connectivity index (χ0v) is 16.1. The first-order valence-electron chi connectivity index (χ1n) is 9.52. The lowest BCUT2D eigenvalue weighted by Crippen LogP contribution is -2.29. The Morgan fingerprint density at radius 3 is 2.79 bits per heavy atom. The van der Waals surface area contributed by atoms with Gasteiger partial charge in [-0.15, -0.1) is 0 Å².